The van der Waals surface area contributed by atoms with Gasteiger partial charge in [0, 0.05) is 12.1 Å². The van der Waals surface area contributed by atoms with Gasteiger partial charge in [0.25, 0.3) is 5.91 Å². The van der Waals surface area contributed by atoms with Gasteiger partial charge in [-0.25, -0.2) is 4.98 Å². The first-order valence-corrected chi connectivity index (χ1v) is 7.39. The van der Waals surface area contributed by atoms with E-state index in [2.05, 4.69) is 10.3 Å². The number of nitrogens with one attached hydrogen (secondary N) is 1. The van der Waals surface area contributed by atoms with Crippen LogP contribution in [-0.4, -0.2) is 43.4 Å². The standard InChI is InChI=1S/C14H16N2O3S/c1-9-16-12-3-2-10(6-13(12)20-9)14(17)15-7-11-8-18-4-5-19-11/h2-3,6,11H,4-5,7-8H2,1H3,(H,15,17). The lowest BCUT2D eigenvalue weighted by molar-refractivity contribution is -0.0855. The van der Waals surface area contributed by atoms with Crippen molar-refractivity contribution in [2.45, 2.75) is 13.0 Å². The Morgan fingerprint density at radius 1 is 1.50 bits per heavy atom. The molecular formula is C14H16N2O3S. The van der Waals surface area contributed by atoms with Gasteiger partial charge in [0.15, 0.2) is 0 Å². The lowest BCUT2D eigenvalue weighted by Crippen LogP contribution is -2.39. The van der Waals surface area contributed by atoms with Crippen molar-refractivity contribution < 1.29 is 14.3 Å². The fourth-order valence-corrected chi connectivity index (χ4v) is 3.01. The Bertz CT molecular complexity index is 620. The lowest BCUT2D eigenvalue weighted by Gasteiger charge is -2.23. The quantitative estimate of drug-likeness (QED) is 0.936. The molecule has 0 saturated carbocycles. The number of amides is 1. The molecule has 20 heavy (non-hydrogen) atoms. The summed E-state index contributed by atoms with van der Waals surface area (Å²) >= 11 is 1.59. The molecule has 6 heteroatoms. The van der Waals surface area contributed by atoms with Crippen LogP contribution in [0.1, 0.15) is 15.4 Å². The van der Waals surface area contributed by atoms with Gasteiger partial charge < -0.3 is 14.8 Å². The molecule has 1 N–H and O–H groups in total. The Balaban J connectivity index is 1.65. The summed E-state index contributed by atoms with van der Waals surface area (Å²) in [5, 5.41) is 3.89. The summed E-state index contributed by atoms with van der Waals surface area (Å²) in [6.45, 7) is 4.19. The molecule has 0 aliphatic carbocycles. The third-order valence-corrected chi connectivity index (χ3v) is 4.07. The van der Waals surface area contributed by atoms with Crippen molar-refractivity contribution in [2.75, 3.05) is 26.4 Å². The topological polar surface area (TPSA) is 60.5 Å². The van der Waals surface area contributed by atoms with Crippen LogP contribution in [0.25, 0.3) is 10.2 Å². The summed E-state index contributed by atoms with van der Waals surface area (Å²) < 4.78 is 11.8. The maximum atomic E-state index is 12.1. The Labute approximate surface area is 120 Å². The van der Waals surface area contributed by atoms with Crippen LogP contribution in [-0.2, 0) is 9.47 Å². The summed E-state index contributed by atoms with van der Waals surface area (Å²) in [7, 11) is 0. The van der Waals surface area contributed by atoms with E-state index >= 15 is 0 Å². The van der Waals surface area contributed by atoms with Crippen molar-refractivity contribution in [1.82, 2.24) is 10.3 Å². The van der Waals surface area contributed by atoms with Crippen molar-refractivity contribution >= 4 is 27.5 Å². The van der Waals surface area contributed by atoms with E-state index in [0.29, 0.717) is 31.9 Å². The van der Waals surface area contributed by atoms with E-state index in [0.717, 1.165) is 15.2 Å². The number of fused-ring (bicyclic) bond motifs is 1. The fourth-order valence-electron chi connectivity index (χ4n) is 2.14. The van der Waals surface area contributed by atoms with Gasteiger partial charge in [-0.1, -0.05) is 0 Å². The number of nitrogens with zero attached hydrogens (tertiary/aromatic N) is 1. The highest BCUT2D eigenvalue weighted by Gasteiger charge is 2.16. The van der Waals surface area contributed by atoms with Crippen LogP contribution in [0.5, 0.6) is 0 Å². The van der Waals surface area contributed by atoms with Crippen molar-refractivity contribution in [3.63, 3.8) is 0 Å². The molecule has 5 nitrogen and oxygen atoms in total. The molecule has 0 spiro atoms. The van der Waals surface area contributed by atoms with Gasteiger partial charge in [-0.05, 0) is 25.1 Å². The number of thiazole rings is 1. The third kappa shape index (κ3) is 2.98. The van der Waals surface area contributed by atoms with Crippen molar-refractivity contribution in [1.29, 1.82) is 0 Å². The second-order valence-corrected chi connectivity index (χ2v) is 5.93. The first kappa shape index (κ1) is 13.5. The van der Waals surface area contributed by atoms with Gasteiger partial charge >= 0.3 is 0 Å². The predicted octanol–water partition coefficient (Wildman–Crippen LogP) is 1.75. The van der Waals surface area contributed by atoms with Crippen LogP contribution in [0.15, 0.2) is 18.2 Å². The third-order valence-electron chi connectivity index (χ3n) is 3.13. The number of hydrogen-bond acceptors (Lipinski definition) is 5. The molecule has 1 aliphatic rings. The van der Waals surface area contributed by atoms with E-state index in [-0.39, 0.29) is 12.0 Å². The number of benzene rings is 1. The summed E-state index contributed by atoms with van der Waals surface area (Å²) in [4.78, 5) is 16.5. The molecule has 0 radical (unpaired) electrons. The van der Waals surface area contributed by atoms with Gasteiger partial charge in [-0.2, -0.15) is 0 Å². The highest BCUT2D eigenvalue weighted by Crippen LogP contribution is 2.22. The molecule has 1 aromatic carbocycles. The van der Waals surface area contributed by atoms with Crippen molar-refractivity contribution in [3.05, 3.63) is 28.8 Å². The smallest absolute Gasteiger partial charge is 0.251 e. The van der Waals surface area contributed by atoms with E-state index in [9.17, 15) is 4.79 Å². The number of aryl methyl sites for hydroxylation is 1. The van der Waals surface area contributed by atoms with Crippen LogP contribution in [0, 0.1) is 6.92 Å². The van der Waals surface area contributed by atoms with Crippen LogP contribution >= 0.6 is 11.3 Å². The van der Waals surface area contributed by atoms with Crippen molar-refractivity contribution in [2.24, 2.45) is 0 Å². The van der Waals surface area contributed by atoms with Crippen LogP contribution in [0.4, 0.5) is 0 Å². The first-order valence-electron chi connectivity index (χ1n) is 6.57. The molecule has 1 fully saturated rings. The molecule has 1 amide bonds. The minimum absolute atomic E-state index is 0.0536. The van der Waals surface area contributed by atoms with E-state index in [1.165, 1.54) is 0 Å². The van der Waals surface area contributed by atoms with Crippen molar-refractivity contribution in [3.8, 4) is 0 Å². The molecule has 1 aromatic heterocycles. The van der Waals surface area contributed by atoms with E-state index in [4.69, 9.17) is 9.47 Å². The van der Waals surface area contributed by atoms with Gasteiger partial charge in [0.2, 0.25) is 0 Å². The second-order valence-electron chi connectivity index (χ2n) is 4.69. The predicted molar refractivity (Wildman–Crippen MR) is 77.2 cm³/mol. The molecule has 0 bridgehead atoms. The average molecular weight is 292 g/mol. The molecule has 1 atom stereocenters. The van der Waals surface area contributed by atoms with Gasteiger partial charge in [-0.3, -0.25) is 4.79 Å². The minimum atomic E-state index is -0.0906. The Morgan fingerprint density at radius 2 is 2.40 bits per heavy atom. The Morgan fingerprint density at radius 3 is 3.20 bits per heavy atom. The molecule has 2 aromatic rings. The highest BCUT2D eigenvalue weighted by molar-refractivity contribution is 7.18. The summed E-state index contributed by atoms with van der Waals surface area (Å²) in [6, 6.07) is 5.57. The summed E-state index contributed by atoms with van der Waals surface area (Å²) in [5.74, 6) is -0.0906. The largest absolute Gasteiger partial charge is 0.376 e. The monoisotopic (exact) mass is 292 g/mol. The number of hydrogen-bond donors (Lipinski definition) is 1. The average Bonchev–Trinajstić information content (AvgIpc) is 2.85. The Kier molecular flexibility index (Phi) is 3.95. The number of ether oxygens (including phenoxy) is 2. The fraction of sp³-hybridized carbons (Fsp3) is 0.429. The molecule has 2 heterocycles. The SMILES string of the molecule is Cc1nc2ccc(C(=O)NCC3COCCO3)cc2s1. The van der Waals surface area contributed by atoms with Gasteiger partial charge in [0.05, 0.1) is 41.1 Å². The van der Waals surface area contributed by atoms with E-state index < -0.39 is 0 Å². The maximum absolute atomic E-state index is 12.1. The van der Waals surface area contributed by atoms with Crippen LogP contribution in [0.2, 0.25) is 0 Å². The summed E-state index contributed by atoms with van der Waals surface area (Å²) in [6.07, 6.45) is -0.0536. The number of carbonyl (C=O) groups excluding carboxylic acids is 1. The molecule has 1 unspecified atom stereocenters. The van der Waals surface area contributed by atoms with Gasteiger partial charge in [-0.15, -0.1) is 11.3 Å². The zero-order valence-corrected chi connectivity index (χ0v) is 12.0. The maximum Gasteiger partial charge on any atom is 0.251 e. The van der Waals surface area contributed by atoms with E-state index in [1.807, 2.05) is 19.1 Å². The molecule has 1 saturated heterocycles. The lowest BCUT2D eigenvalue weighted by atomic mass is 10.2. The molecule has 1 aliphatic heterocycles. The minimum Gasteiger partial charge on any atom is -0.376 e. The second kappa shape index (κ2) is 5.87. The molecular weight excluding hydrogens is 276 g/mol. The Hall–Kier alpha value is -1.50. The molecule has 3 rings (SSSR count). The zero-order chi connectivity index (χ0) is 13.9. The zero-order valence-electron chi connectivity index (χ0n) is 11.2. The normalized spacial score (nSPS) is 19.1. The van der Waals surface area contributed by atoms with Crippen LogP contribution < -0.4 is 5.32 Å². The molecule has 106 valence electrons. The van der Waals surface area contributed by atoms with E-state index in [1.54, 1.807) is 17.4 Å². The summed E-state index contributed by atoms with van der Waals surface area (Å²) in [5.41, 5.74) is 1.59. The van der Waals surface area contributed by atoms with Crippen LogP contribution in [0.3, 0.4) is 0 Å². The number of carbonyl (C=O) groups is 1. The van der Waals surface area contributed by atoms with Gasteiger partial charge in [0.1, 0.15) is 0 Å². The number of aromatic nitrogens is 1. The first-order chi connectivity index (χ1) is 9.72. The number of rotatable bonds is 3. The highest BCUT2D eigenvalue weighted by atomic mass is 32.1.